The molecule has 2 N–H and O–H groups in total. The molecule has 1 aromatic heterocycles. The van der Waals surface area contributed by atoms with Crippen molar-refractivity contribution in [3.63, 3.8) is 0 Å². The zero-order chi connectivity index (χ0) is 31.4. The number of halogens is 3. The normalized spacial score (nSPS) is 19.0. The van der Waals surface area contributed by atoms with Crippen molar-refractivity contribution in [3.05, 3.63) is 118 Å². The van der Waals surface area contributed by atoms with Crippen LogP contribution in [0.3, 0.4) is 0 Å². The highest BCUT2D eigenvalue weighted by Gasteiger charge is 2.48. The van der Waals surface area contributed by atoms with E-state index in [4.69, 9.17) is 4.42 Å². The summed E-state index contributed by atoms with van der Waals surface area (Å²) in [5.74, 6) is -6.05. The molecule has 0 fully saturated rings. The number of aromatic hydroxyl groups is 1. The highest BCUT2D eigenvalue weighted by Crippen LogP contribution is 2.52. The van der Waals surface area contributed by atoms with E-state index in [1.165, 1.54) is 18.2 Å². The number of anilines is 2. The Morgan fingerprint density at radius 3 is 2.57 bits per heavy atom. The van der Waals surface area contributed by atoms with Gasteiger partial charge in [0, 0.05) is 23.2 Å². The predicted molar refractivity (Wildman–Crippen MR) is 157 cm³/mol. The lowest BCUT2D eigenvalue weighted by Crippen LogP contribution is -2.41. The summed E-state index contributed by atoms with van der Waals surface area (Å²) < 4.78 is 80.0. The molecule has 0 aliphatic carbocycles. The van der Waals surface area contributed by atoms with E-state index >= 15 is 13.2 Å². The van der Waals surface area contributed by atoms with Crippen molar-refractivity contribution in [1.82, 2.24) is 4.98 Å². The van der Waals surface area contributed by atoms with Gasteiger partial charge in [-0.2, -0.15) is 0 Å². The molecule has 0 radical (unpaired) electrons. The third-order valence-corrected chi connectivity index (χ3v) is 10.1. The second-order valence-electron chi connectivity index (χ2n) is 11.8. The van der Waals surface area contributed by atoms with Crippen LogP contribution in [0, 0.1) is 11.2 Å². The molecule has 2 aliphatic rings. The molecule has 0 bridgehead atoms. The summed E-state index contributed by atoms with van der Waals surface area (Å²) in [7, 11) is -4.19. The smallest absolute Gasteiger partial charge is 0.281 e. The summed E-state index contributed by atoms with van der Waals surface area (Å²) in [5, 5.41) is 13.9. The Labute approximate surface area is 251 Å². The van der Waals surface area contributed by atoms with Crippen LogP contribution in [0.5, 0.6) is 5.75 Å². The fourth-order valence-corrected chi connectivity index (χ4v) is 8.34. The average molecular weight is 624 g/mol. The molecule has 228 valence electrons. The van der Waals surface area contributed by atoms with Gasteiger partial charge >= 0.3 is 0 Å². The summed E-state index contributed by atoms with van der Waals surface area (Å²) >= 11 is 0. The van der Waals surface area contributed by atoms with Gasteiger partial charge in [0.05, 0.1) is 16.3 Å². The number of oxazole rings is 1. The van der Waals surface area contributed by atoms with E-state index in [0.717, 1.165) is 29.7 Å². The van der Waals surface area contributed by atoms with Gasteiger partial charge < -0.3 is 14.8 Å². The van der Waals surface area contributed by atoms with Gasteiger partial charge in [-0.15, -0.1) is 0 Å². The van der Waals surface area contributed by atoms with Crippen molar-refractivity contribution in [2.45, 2.75) is 38.7 Å². The van der Waals surface area contributed by atoms with E-state index < -0.39 is 50.9 Å². The molecule has 4 aromatic rings. The van der Waals surface area contributed by atoms with Crippen molar-refractivity contribution in [1.29, 1.82) is 0 Å². The maximum Gasteiger partial charge on any atom is 0.281 e. The number of phenolic OH excluding ortho intramolecular Hbond substituents is 1. The topological polar surface area (TPSA) is 113 Å². The van der Waals surface area contributed by atoms with Crippen LogP contribution in [-0.2, 0) is 22.2 Å². The van der Waals surface area contributed by atoms with E-state index in [0.29, 0.717) is 11.6 Å². The van der Waals surface area contributed by atoms with Crippen molar-refractivity contribution in [2.75, 3.05) is 16.0 Å². The zero-order valence-corrected chi connectivity index (χ0v) is 24.5. The summed E-state index contributed by atoms with van der Waals surface area (Å²) in [5.41, 5.74) is -1.34. The number of hydrogen-bond donors (Lipinski definition) is 2. The first-order valence-corrected chi connectivity index (χ1v) is 15.4. The standard InChI is InChI=1S/C32H28F3N3O5S/c1-31(2)15-23-29(44(41,42)17-31)28(21-12-11-20(13-22(21)33)32(34,35)14-19-7-4-3-5-8-19)38(30(40)24-16-43-18-36-24)25-9-6-10-26(39)27(25)37-23/h3-13,16,18,28,37,39H,14-15,17H2,1-2H3/t28-/m0/s1. The molecule has 2 aliphatic heterocycles. The van der Waals surface area contributed by atoms with Crippen LogP contribution < -0.4 is 10.2 Å². The summed E-state index contributed by atoms with van der Waals surface area (Å²) in [4.78, 5) is 18.7. The first-order valence-electron chi connectivity index (χ1n) is 13.8. The van der Waals surface area contributed by atoms with E-state index in [1.807, 2.05) is 0 Å². The van der Waals surface area contributed by atoms with Crippen LogP contribution in [0.4, 0.5) is 24.5 Å². The maximum atomic E-state index is 16.2. The molecule has 0 spiro atoms. The molecule has 6 rings (SSSR count). The molecule has 8 nitrogen and oxygen atoms in total. The van der Waals surface area contributed by atoms with Crippen molar-refractivity contribution >= 4 is 27.1 Å². The molecule has 12 heteroatoms. The highest BCUT2D eigenvalue weighted by atomic mass is 32.2. The lowest BCUT2D eigenvalue weighted by Gasteiger charge is -2.37. The van der Waals surface area contributed by atoms with E-state index in [1.54, 1.807) is 44.2 Å². The Morgan fingerprint density at radius 2 is 1.89 bits per heavy atom. The minimum Gasteiger partial charge on any atom is -0.506 e. The number of benzene rings is 3. The minimum atomic E-state index is -4.19. The summed E-state index contributed by atoms with van der Waals surface area (Å²) in [6, 6.07) is 13.5. The third-order valence-electron chi connectivity index (χ3n) is 7.79. The second-order valence-corrected chi connectivity index (χ2v) is 13.8. The first-order chi connectivity index (χ1) is 20.8. The summed E-state index contributed by atoms with van der Waals surface area (Å²) in [6.07, 6.45) is 1.56. The molecule has 44 heavy (non-hydrogen) atoms. The second kappa shape index (κ2) is 10.5. The monoisotopic (exact) mass is 623 g/mol. The first kappa shape index (κ1) is 29.5. The number of fused-ring (bicyclic) bond motifs is 1. The third kappa shape index (κ3) is 5.23. The lowest BCUT2D eigenvalue weighted by molar-refractivity contribution is -0.00416. The Bertz CT molecular complexity index is 1890. The number of phenols is 1. The molecule has 1 atom stereocenters. The molecule has 0 saturated carbocycles. The molecule has 0 saturated heterocycles. The van der Waals surface area contributed by atoms with E-state index in [2.05, 4.69) is 10.3 Å². The molecular formula is C32H28F3N3O5S. The van der Waals surface area contributed by atoms with Gasteiger partial charge in [-0.25, -0.2) is 26.6 Å². The van der Waals surface area contributed by atoms with Gasteiger partial charge in [-0.3, -0.25) is 9.69 Å². The Morgan fingerprint density at radius 1 is 1.14 bits per heavy atom. The Kier molecular flexibility index (Phi) is 7.07. The highest BCUT2D eigenvalue weighted by molar-refractivity contribution is 7.95. The SMILES string of the molecule is CC1(C)CC2=C([C@H](c3ccc(C(F)(F)Cc4ccccc4)cc3F)N(C(=O)c3cocn3)c3cccc(O)c3N2)S(=O)(=O)C1. The van der Waals surface area contributed by atoms with Crippen LogP contribution in [0.2, 0.25) is 0 Å². The van der Waals surface area contributed by atoms with Crippen LogP contribution >= 0.6 is 0 Å². The molecular weight excluding hydrogens is 595 g/mol. The number of carbonyl (C=O) groups excluding carboxylic acids is 1. The molecule has 3 heterocycles. The number of nitrogens with zero attached hydrogens (tertiary/aromatic N) is 2. The van der Waals surface area contributed by atoms with Gasteiger partial charge in [0.1, 0.15) is 29.6 Å². The Hall–Kier alpha value is -4.58. The van der Waals surface area contributed by atoms with Crippen molar-refractivity contribution < 1.29 is 35.9 Å². The number of aromatic nitrogens is 1. The van der Waals surface area contributed by atoms with Gasteiger partial charge in [0.2, 0.25) is 0 Å². The number of allylic oxidation sites excluding steroid dienone is 1. The Balaban J connectivity index is 1.58. The zero-order valence-electron chi connectivity index (χ0n) is 23.7. The number of nitrogens with one attached hydrogen (secondary N) is 1. The number of para-hydroxylation sites is 1. The molecule has 1 amide bonds. The van der Waals surface area contributed by atoms with Crippen LogP contribution in [0.1, 0.15) is 53.5 Å². The minimum absolute atomic E-state index is 0.0265. The lowest BCUT2D eigenvalue weighted by atomic mass is 9.88. The molecule has 3 aromatic carbocycles. The summed E-state index contributed by atoms with van der Waals surface area (Å²) in [6.45, 7) is 3.51. The van der Waals surface area contributed by atoms with Crippen LogP contribution in [0.25, 0.3) is 0 Å². The fourth-order valence-electron chi connectivity index (χ4n) is 5.98. The van der Waals surface area contributed by atoms with Gasteiger partial charge in [-0.05, 0) is 35.6 Å². The number of carbonyl (C=O) groups is 1. The predicted octanol–water partition coefficient (Wildman–Crippen LogP) is 6.72. The maximum absolute atomic E-state index is 16.2. The number of alkyl halides is 2. The fraction of sp³-hybridized carbons (Fsp3) is 0.250. The van der Waals surface area contributed by atoms with E-state index in [-0.39, 0.29) is 51.2 Å². The van der Waals surface area contributed by atoms with Gasteiger partial charge in [0.15, 0.2) is 21.9 Å². The number of sulfone groups is 1. The average Bonchev–Trinajstić information content (AvgIpc) is 3.43. The molecule has 0 unspecified atom stereocenters. The van der Waals surface area contributed by atoms with Gasteiger partial charge in [-0.1, -0.05) is 62.4 Å². The van der Waals surface area contributed by atoms with Crippen molar-refractivity contribution in [3.8, 4) is 5.75 Å². The van der Waals surface area contributed by atoms with Crippen LogP contribution in [-0.4, -0.2) is 30.2 Å². The number of hydrogen-bond acceptors (Lipinski definition) is 7. The number of amides is 1. The van der Waals surface area contributed by atoms with Crippen LogP contribution in [0.15, 0.2) is 94.4 Å². The van der Waals surface area contributed by atoms with E-state index in [9.17, 15) is 18.3 Å². The quantitative estimate of drug-likeness (QED) is 0.237. The van der Waals surface area contributed by atoms with Crippen molar-refractivity contribution in [2.24, 2.45) is 5.41 Å². The largest absolute Gasteiger partial charge is 0.506 e. The van der Waals surface area contributed by atoms with Gasteiger partial charge in [0.25, 0.3) is 11.8 Å². The number of rotatable bonds is 5.